The van der Waals surface area contributed by atoms with Crippen LogP contribution in [0.2, 0.25) is 0 Å². The Bertz CT molecular complexity index is 343. The fraction of sp³-hybridized carbons (Fsp3) is 0.182. The third-order valence-electron chi connectivity index (χ3n) is 1.73. The molecule has 0 saturated heterocycles. The first-order chi connectivity index (χ1) is 7.97. The highest BCUT2D eigenvalue weighted by Crippen LogP contribution is 1.88. The van der Waals surface area contributed by atoms with E-state index in [4.69, 9.17) is 10.0 Å². The molecule has 4 N–H and O–H groups in total. The predicted molar refractivity (Wildman–Crippen MR) is 66.6 cm³/mol. The molecule has 0 saturated carbocycles. The number of nitrogens with two attached hydrogens (primary N) is 1. The lowest BCUT2D eigenvalue weighted by Gasteiger charge is -2.02. The summed E-state index contributed by atoms with van der Waals surface area (Å²) >= 11 is 0. The van der Waals surface area contributed by atoms with E-state index in [0.29, 0.717) is 5.46 Å². The van der Waals surface area contributed by atoms with Crippen LogP contribution in [-0.4, -0.2) is 29.4 Å². The standard InChI is InChI=1S/C6H7BO2.C5H9NO2/c8-7(9)6-4-2-1-3-5-6;1-3-4(2)8-5(6)7/h1-5,8-9H;3-4H,1H2,2H3,(H2,6,7). The molecule has 0 aliphatic carbocycles. The van der Waals surface area contributed by atoms with Crippen molar-refractivity contribution in [3.8, 4) is 0 Å². The molecule has 0 aromatic heterocycles. The van der Waals surface area contributed by atoms with E-state index in [1.54, 1.807) is 31.2 Å². The van der Waals surface area contributed by atoms with Crippen LogP contribution in [0.1, 0.15) is 6.92 Å². The normalized spacial score (nSPS) is 10.5. The van der Waals surface area contributed by atoms with Crippen molar-refractivity contribution >= 4 is 18.7 Å². The Morgan fingerprint density at radius 1 is 1.47 bits per heavy atom. The van der Waals surface area contributed by atoms with Gasteiger partial charge >= 0.3 is 13.2 Å². The van der Waals surface area contributed by atoms with Crippen LogP contribution in [0.3, 0.4) is 0 Å². The van der Waals surface area contributed by atoms with E-state index < -0.39 is 13.2 Å². The van der Waals surface area contributed by atoms with Gasteiger partial charge in [-0.05, 0) is 12.4 Å². The Hall–Kier alpha value is -1.79. The fourth-order valence-electron chi connectivity index (χ4n) is 0.856. The fourth-order valence-corrected chi connectivity index (χ4v) is 0.856. The minimum atomic E-state index is -1.34. The first kappa shape index (κ1) is 15.2. The number of carbonyl (C=O) groups excluding carboxylic acids is 1. The minimum absolute atomic E-state index is 0.285. The summed E-state index contributed by atoms with van der Waals surface area (Å²) in [4.78, 5) is 9.92. The molecule has 1 aromatic rings. The molecule has 92 valence electrons. The van der Waals surface area contributed by atoms with Gasteiger partial charge in [0.05, 0.1) is 0 Å². The van der Waals surface area contributed by atoms with Gasteiger partial charge in [-0.2, -0.15) is 0 Å². The number of amides is 1. The zero-order valence-corrected chi connectivity index (χ0v) is 9.61. The minimum Gasteiger partial charge on any atom is -0.442 e. The molecule has 6 heteroatoms. The van der Waals surface area contributed by atoms with Crippen LogP contribution in [0.4, 0.5) is 4.79 Å². The van der Waals surface area contributed by atoms with E-state index >= 15 is 0 Å². The van der Waals surface area contributed by atoms with Crippen LogP contribution < -0.4 is 11.2 Å². The lowest BCUT2D eigenvalue weighted by Crippen LogP contribution is -2.29. The van der Waals surface area contributed by atoms with Crippen molar-refractivity contribution in [2.24, 2.45) is 5.73 Å². The molecule has 1 aromatic carbocycles. The van der Waals surface area contributed by atoms with Gasteiger partial charge in [0.2, 0.25) is 0 Å². The molecular formula is C11H16BNO4. The molecule has 1 amide bonds. The Kier molecular flexibility index (Phi) is 7.50. The summed E-state index contributed by atoms with van der Waals surface area (Å²) in [5.41, 5.74) is 5.19. The van der Waals surface area contributed by atoms with E-state index in [0.717, 1.165) is 0 Å². The lowest BCUT2D eigenvalue weighted by atomic mass is 9.81. The molecule has 17 heavy (non-hydrogen) atoms. The molecule has 1 unspecified atom stereocenters. The molecule has 0 radical (unpaired) electrons. The Labute approximate surface area is 101 Å². The van der Waals surface area contributed by atoms with Crippen molar-refractivity contribution < 1.29 is 19.6 Å². The van der Waals surface area contributed by atoms with E-state index in [-0.39, 0.29) is 6.10 Å². The average Bonchev–Trinajstić information content (AvgIpc) is 2.30. The molecule has 0 aliphatic rings. The Morgan fingerprint density at radius 3 is 2.24 bits per heavy atom. The number of rotatable bonds is 3. The third-order valence-corrected chi connectivity index (χ3v) is 1.73. The van der Waals surface area contributed by atoms with E-state index in [2.05, 4.69) is 17.0 Å². The van der Waals surface area contributed by atoms with Crippen molar-refractivity contribution in [2.75, 3.05) is 0 Å². The molecule has 0 heterocycles. The van der Waals surface area contributed by atoms with Crippen LogP contribution in [0.5, 0.6) is 0 Å². The topological polar surface area (TPSA) is 92.8 Å². The average molecular weight is 237 g/mol. The van der Waals surface area contributed by atoms with E-state index in [1.165, 1.54) is 6.08 Å². The molecule has 1 rings (SSSR count). The van der Waals surface area contributed by atoms with Crippen LogP contribution in [0, 0.1) is 0 Å². The third kappa shape index (κ3) is 8.07. The maximum absolute atomic E-state index is 9.92. The highest BCUT2D eigenvalue weighted by molar-refractivity contribution is 6.58. The van der Waals surface area contributed by atoms with Crippen LogP contribution >= 0.6 is 0 Å². The second-order valence-corrected chi connectivity index (χ2v) is 3.16. The largest absolute Gasteiger partial charge is 0.488 e. The number of primary amides is 1. The summed E-state index contributed by atoms with van der Waals surface area (Å²) in [5, 5.41) is 17.2. The Morgan fingerprint density at radius 2 is 2.00 bits per heavy atom. The van der Waals surface area contributed by atoms with Gasteiger partial charge in [0, 0.05) is 0 Å². The van der Waals surface area contributed by atoms with Crippen LogP contribution in [0.15, 0.2) is 43.0 Å². The van der Waals surface area contributed by atoms with Crippen molar-refractivity contribution in [3.05, 3.63) is 43.0 Å². The second-order valence-electron chi connectivity index (χ2n) is 3.16. The Balaban J connectivity index is 0.000000304. The zero-order chi connectivity index (χ0) is 13.3. The number of carbonyl (C=O) groups is 1. The summed E-state index contributed by atoms with van der Waals surface area (Å²) < 4.78 is 4.42. The predicted octanol–water partition coefficient (Wildman–Crippen LogP) is 0.0226. The van der Waals surface area contributed by atoms with Gasteiger partial charge in [-0.15, -0.1) is 0 Å². The highest BCUT2D eigenvalue weighted by atomic mass is 16.6. The molecule has 1 atom stereocenters. The van der Waals surface area contributed by atoms with E-state index in [9.17, 15) is 4.79 Å². The maximum Gasteiger partial charge on any atom is 0.488 e. The summed E-state index contributed by atoms with van der Waals surface area (Å²) in [5.74, 6) is 0. The summed E-state index contributed by atoms with van der Waals surface area (Å²) in [7, 11) is -1.34. The number of hydrogen-bond acceptors (Lipinski definition) is 4. The summed E-state index contributed by atoms with van der Waals surface area (Å²) in [6, 6.07) is 8.66. The van der Waals surface area contributed by atoms with Gasteiger partial charge in [0.15, 0.2) is 0 Å². The molecule has 0 aliphatic heterocycles. The van der Waals surface area contributed by atoms with Gasteiger partial charge < -0.3 is 20.5 Å². The number of ether oxygens (including phenoxy) is 1. The molecular weight excluding hydrogens is 221 g/mol. The van der Waals surface area contributed by atoms with Crippen molar-refractivity contribution in [3.63, 3.8) is 0 Å². The molecule has 5 nitrogen and oxygen atoms in total. The van der Waals surface area contributed by atoms with Crippen molar-refractivity contribution in [1.29, 1.82) is 0 Å². The number of benzene rings is 1. The van der Waals surface area contributed by atoms with Crippen LogP contribution in [-0.2, 0) is 4.74 Å². The lowest BCUT2D eigenvalue weighted by molar-refractivity contribution is 0.137. The monoisotopic (exact) mass is 237 g/mol. The first-order valence-corrected chi connectivity index (χ1v) is 4.97. The highest BCUT2D eigenvalue weighted by Gasteiger charge is 2.07. The molecule has 0 fully saturated rings. The molecule has 0 bridgehead atoms. The van der Waals surface area contributed by atoms with Crippen LogP contribution in [0.25, 0.3) is 0 Å². The van der Waals surface area contributed by atoms with Gasteiger partial charge in [-0.25, -0.2) is 4.79 Å². The summed E-state index contributed by atoms with van der Waals surface area (Å²) in [6.07, 6.45) is 0.440. The quantitative estimate of drug-likeness (QED) is 0.510. The van der Waals surface area contributed by atoms with Gasteiger partial charge in [-0.3, -0.25) is 0 Å². The summed E-state index contributed by atoms with van der Waals surface area (Å²) in [6.45, 7) is 5.06. The SMILES string of the molecule is C=CC(C)OC(N)=O.OB(O)c1ccccc1. The molecule has 0 spiro atoms. The zero-order valence-electron chi connectivity index (χ0n) is 9.61. The first-order valence-electron chi connectivity index (χ1n) is 4.97. The number of hydrogen-bond donors (Lipinski definition) is 3. The van der Waals surface area contributed by atoms with Crippen molar-refractivity contribution in [1.82, 2.24) is 0 Å². The van der Waals surface area contributed by atoms with Gasteiger partial charge in [0.25, 0.3) is 0 Å². The van der Waals surface area contributed by atoms with Gasteiger partial charge in [0.1, 0.15) is 6.10 Å². The van der Waals surface area contributed by atoms with Crippen molar-refractivity contribution in [2.45, 2.75) is 13.0 Å². The maximum atomic E-state index is 9.92. The van der Waals surface area contributed by atoms with E-state index in [1.807, 2.05) is 6.07 Å². The second kappa shape index (κ2) is 8.38. The smallest absolute Gasteiger partial charge is 0.442 e. The van der Waals surface area contributed by atoms with Gasteiger partial charge in [-0.1, -0.05) is 43.0 Å².